The van der Waals surface area contributed by atoms with Crippen molar-refractivity contribution >= 4 is 17.5 Å². The number of rotatable bonds is 6. The normalized spacial score (nSPS) is 10.8. The van der Waals surface area contributed by atoms with Crippen LogP contribution >= 0.6 is 11.8 Å². The van der Waals surface area contributed by atoms with Gasteiger partial charge in [-0.3, -0.25) is 14.3 Å². The minimum absolute atomic E-state index is 0.0998. The van der Waals surface area contributed by atoms with Crippen LogP contribution in [-0.2, 0) is 0 Å². The molecule has 0 aliphatic carbocycles. The van der Waals surface area contributed by atoms with Crippen LogP contribution in [-0.4, -0.2) is 31.3 Å². The summed E-state index contributed by atoms with van der Waals surface area (Å²) in [4.78, 5) is 16.7. The molecule has 0 saturated carbocycles. The van der Waals surface area contributed by atoms with Crippen LogP contribution in [0.25, 0.3) is 17.1 Å². The molecule has 0 radical (unpaired) electrons. The molecule has 4 aromatic rings. The molecule has 0 spiro atoms. The third-order valence-electron chi connectivity index (χ3n) is 4.41. The lowest BCUT2D eigenvalue weighted by Gasteiger charge is -2.12. The first-order chi connectivity index (χ1) is 14.1. The summed E-state index contributed by atoms with van der Waals surface area (Å²) in [6, 6.07) is 17.2. The Labute approximate surface area is 171 Å². The van der Waals surface area contributed by atoms with Crippen LogP contribution in [0.4, 0.5) is 4.39 Å². The van der Waals surface area contributed by atoms with Gasteiger partial charge in [0.25, 0.3) is 0 Å². The first-order valence-electron chi connectivity index (χ1n) is 8.97. The lowest BCUT2D eigenvalue weighted by Crippen LogP contribution is -2.06. The van der Waals surface area contributed by atoms with Gasteiger partial charge in [-0.05, 0) is 55.0 Å². The number of hydrogen-bond acceptors (Lipinski definition) is 5. The lowest BCUT2D eigenvalue weighted by atomic mass is 10.1. The van der Waals surface area contributed by atoms with Gasteiger partial charge >= 0.3 is 0 Å². The van der Waals surface area contributed by atoms with E-state index >= 15 is 0 Å². The molecule has 2 heterocycles. The second-order valence-corrected chi connectivity index (χ2v) is 7.33. The van der Waals surface area contributed by atoms with Crippen molar-refractivity contribution in [3.63, 3.8) is 0 Å². The molecule has 0 bridgehead atoms. The predicted octanol–water partition coefficient (Wildman–Crippen LogP) is 4.75. The molecule has 2 aromatic carbocycles. The van der Waals surface area contributed by atoms with Gasteiger partial charge in [0.2, 0.25) is 0 Å². The van der Waals surface area contributed by atoms with Gasteiger partial charge < -0.3 is 0 Å². The molecule has 5 nitrogen and oxygen atoms in total. The van der Waals surface area contributed by atoms with Crippen LogP contribution in [0.5, 0.6) is 0 Å². The minimum Gasteiger partial charge on any atom is -0.293 e. The van der Waals surface area contributed by atoms with E-state index in [0.29, 0.717) is 16.5 Å². The largest absolute Gasteiger partial charge is 0.293 e. The molecule has 0 atom stereocenters. The minimum atomic E-state index is -0.366. The highest BCUT2D eigenvalue weighted by Gasteiger charge is 2.19. The third kappa shape index (κ3) is 4.09. The fourth-order valence-electron chi connectivity index (χ4n) is 2.93. The Morgan fingerprint density at radius 3 is 2.55 bits per heavy atom. The van der Waals surface area contributed by atoms with E-state index in [4.69, 9.17) is 0 Å². The van der Waals surface area contributed by atoms with Crippen molar-refractivity contribution in [1.82, 2.24) is 19.7 Å². The molecule has 0 amide bonds. The van der Waals surface area contributed by atoms with Crippen LogP contribution in [0.1, 0.15) is 15.9 Å². The molecule has 144 valence electrons. The SMILES string of the molecule is Cc1ccccc1-n1c(SCC(=O)c2ccc(F)cc2)nnc1-c1cccnc1. The zero-order valence-corrected chi connectivity index (χ0v) is 16.4. The van der Waals surface area contributed by atoms with E-state index in [-0.39, 0.29) is 17.4 Å². The summed E-state index contributed by atoms with van der Waals surface area (Å²) >= 11 is 1.30. The maximum atomic E-state index is 13.1. The molecule has 0 fully saturated rings. The Morgan fingerprint density at radius 2 is 1.83 bits per heavy atom. The summed E-state index contributed by atoms with van der Waals surface area (Å²) in [5, 5.41) is 9.29. The lowest BCUT2D eigenvalue weighted by molar-refractivity contribution is 0.102. The molecule has 0 aliphatic rings. The van der Waals surface area contributed by atoms with E-state index in [1.807, 2.05) is 47.9 Å². The molecule has 2 aromatic heterocycles. The van der Waals surface area contributed by atoms with Crippen molar-refractivity contribution in [3.05, 3.63) is 90.0 Å². The number of thioether (sulfide) groups is 1. The van der Waals surface area contributed by atoms with Gasteiger partial charge in [-0.15, -0.1) is 10.2 Å². The van der Waals surface area contributed by atoms with Crippen LogP contribution in [0.15, 0.2) is 78.2 Å². The number of para-hydroxylation sites is 1. The molecule has 0 N–H and O–H groups in total. The molecule has 7 heteroatoms. The number of carbonyl (C=O) groups excluding carboxylic acids is 1. The molecule has 4 rings (SSSR count). The zero-order chi connectivity index (χ0) is 20.2. The number of pyridine rings is 1. The summed E-state index contributed by atoms with van der Waals surface area (Å²) in [7, 11) is 0. The maximum Gasteiger partial charge on any atom is 0.196 e. The highest BCUT2D eigenvalue weighted by Crippen LogP contribution is 2.29. The fraction of sp³-hybridized carbons (Fsp3) is 0.0909. The van der Waals surface area contributed by atoms with E-state index < -0.39 is 0 Å². The first-order valence-corrected chi connectivity index (χ1v) is 9.95. The Bertz CT molecular complexity index is 1140. The van der Waals surface area contributed by atoms with Crippen molar-refractivity contribution in [2.24, 2.45) is 0 Å². The topological polar surface area (TPSA) is 60.7 Å². The van der Waals surface area contributed by atoms with Gasteiger partial charge in [0.1, 0.15) is 5.82 Å². The number of aromatic nitrogens is 4. The zero-order valence-electron chi connectivity index (χ0n) is 15.6. The van der Waals surface area contributed by atoms with Gasteiger partial charge in [0, 0.05) is 23.5 Å². The Balaban J connectivity index is 1.68. The Hall–Kier alpha value is -3.32. The quantitative estimate of drug-likeness (QED) is 0.343. The molecule has 29 heavy (non-hydrogen) atoms. The predicted molar refractivity (Wildman–Crippen MR) is 111 cm³/mol. The number of hydrogen-bond donors (Lipinski definition) is 0. The van der Waals surface area contributed by atoms with Gasteiger partial charge in [0.15, 0.2) is 16.8 Å². The van der Waals surface area contributed by atoms with E-state index in [0.717, 1.165) is 16.8 Å². The van der Waals surface area contributed by atoms with Crippen LogP contribution in [0, 0.1) is 12.7 Å². The summed E-state index contributed by atoms with van der Waals surface area (Å²) in [6.07, 6.45) is 3.44. The number of halogens is 1. The first kappa shape index (κ1) is 19.0. The van der Waals surface area contributed by atoms with Gasteiger partial charge in [0.05, 0.1) is 11.4 Å². The average Bonchev–Trinajstić information content (AvgIpc) is 3.17. The van der Waals surface area contributed by atoms with E-state index in [9.17, 15) is 9.18 Å². The highest BCUT2D eigenvalue weighted by molar-refractivity contribution is 7.99. The van der Waals surface area contributed by atoms with E-state index in [1.165, 1.54) is 36.0 Å². The van der Waals surface area contributed by atoms with Crippen molar-refractivity contribution in [2.75, 3.05) is 5.75 Å². The van der Waals surface area contributed by atoms with Crippen molar-refractivity contribution < 1.29 is 9.18 Å². The number of carbonyl (C=O) groups is 1. The van der Waals surface area contributed by atoms with Crippen LogP contribution in [0.2, 0.25) is 0 Å². The monoisotopic (exact) mass is 404 g/mol. The summed E-state index contributed by atoms with van der Waals surface area (Å²) in [6.45, 7) is 2.01. The number of ketones is 1. The van der Waals surface area contributed by atoms with Gasteiger partial charge in [-0.2, -0.15) is 0 Å². The maximum absolute atomic E-state index is 13.1. The number of nitrogens with zero attached hydrogens (tertiary/aromatic N) is 4. The third-order valence-corrected chi connectivity index (χ3v) is 5.34. The summed E-state index contributed by atoms with van der Waals surface area (Å²) < 4.78 is 15.0. The van der Waals surface area contributed by atoms with Crippen molar-refractivity contribution in [2.45, 2.75) is 12.1 Å². The molecular formula is C22H17FN4OS. The van der Waals surface area contributed by atoms with Crippen LogP contribution in [0.3, 0.4) is 0 Å². The van der Waals surface area contributed by atoms with E-state index in [1.54, 1.807) is 12.4 Å². The second-order valence-electron chi connectivity index (χ2n) is 6.39. The average molecular weight is 404 g/mol. The standard InChI is InChI=1S/C22H17FN4OS/c1-15-5-2-3-7-19(15)27-21(17-6-4-12-24-13-17)25-26-22(27)29-14-20(28)16-8-10-18(23)11-9-16/h2-13H,14H2,1H3. The molecular weight excluding hydrogens is 387 g/mol. The Morgan fingerprint density at radius 1 is 1.03 bits per heavy atom. The van der Waals surface area contributed by atoms with Crippen molar-refractivity contribution in [3.8, 4) is 17.1 Å². The summed E-state index contributed by atoms with van der Waals surface area (Å²) in [5.41, 5.74) is 3.30. The number of Topliss-reactive ketones (excluding diaryl/α,β-unsaturated/α-hetero) is 1. The number of benzene rings is 2. The van der Waals surface area contributed by atoms with Crippen LogP contribution < -0.4 is 0 Å². The molecule has 0 saturated heterocycles. The second kappa shape index (κ2) is 8.36. The number of aryl methyl sites for hydroxylation is 1. The smallest absolute Gasteiger partial charge is 0.196 e. The van der Waals surface area contributed by atoms with E-state index in [2.05, 4.69) is 15.2 Å². The van der Waals surface area contributed by atoms with Gasteiger partial charge in [-0.25, -0.2) is 4.39 Å². The molecule has 0 aliphatic heterocycles. The molecule has 0 unspecified atom stereocenters. The van der Waals surface area contributed by atoms with Gasteiger partial charge in [-0.1, -0.05) is 30.0 Å². The Kier molecular flexibility index (Phi) is 5.48. The summed E-state index contributed by atoms with van der Waals surface area (Å²) in [5.74, 6) is 0.360. The highest BCUT2D eigenvalue weighted by atomic mass is 32.2. The van der Waals surface area contributed by atoms with Crippen molar-refractivity contribution in [1.29, 1.82) is 0 Å². The fourth-order valence-corrected chi connectivity index (χ4v) is 3.77.